The predicted molar refractivity (Wildman–Crippen MR) is 77.5 cm³/mol. The van der Waals surface area contributed by atoms with E-state index in [1.165, 1.54) is 12.1 Å². The van der Waals surface area contributed by atoms with Crippen LogP contribution >= 0.6 is 0 Å². The number of nitrogens with one attached hydrogen (secondary N) is 2. The van der Waals surface area contributed by atoms with Gasteiger partial charge in [-0.25, -0.2) is 4.79 Å². The molecule has 21 heavy (non-hydrogen) atoms. The van der Waals surface area contributed by atoms with Crippen molar-refractivity contribution >= 4 is 11.9 Å². The van der Waals surface area contributed by atoms with Gasteiger partial charge in [0.25, 0.3) is 0 Å². The fraction of sp³-hybridized carbons (Fsp3) is 0.467. The maximum absolute atomic E-state index is 11.7. The quantitative estimate of drug-likeness (QED) is 0.623. The number of amides is 1. The number of hydrogen-bond acceptors (Lipinski definition) is 4. The Morgan fingerprint density at radius 3 is 2.86 bits per heavy atom. The van der Waals surface area contributed by atoms with E-state index in [1.807, 2.05) is 6.92 Å². The zero-order valence-corrected chi connectivity index (χ0v) is 12.0. The molecule has 1 aromatic carbocycles. The highest BCUT2D eigenvalue weighted by molar-refractivity contribution is 5.88. The van der Waals surface area contributed by atoms with Crippen molar-refractivity contribution in [1.82, 2.24) is 10.6 Å². The Bertz CT molecular complexity index is 514. The van der Waals surface area contributed by atoms with E-state index in [4.69, 9.17) is 9.84 Å². The summed E-state index contributed by atoms with van der Waals surface area (Å²) in [5.74, 6) is -0.471. The lowest BCUT2D eigenvalue weighted by Crippen LogP contribution is -2.44. The molecule has 1 amide bonds. The first kappa shape index (κ1) is 15.3. The highest BCUT2D eigenvalue weighted by Gasteiger charge is 2.25. The lowest BCUT2D eigenvalue weighted by molar-refractivity contribution is -0.122. The van der Waals surface area contributed by atoms with Crippen LogP contribution in [0.5, 0.6) is 5.75 Å². The number of carboxylic acid groups (broad SMARTS) is 1. The van der Waals surface area contributed by atoms with E-state index in [2.05, 4.69) is 10.6 Å². The summed E-state index contributed by atoms with van der Waals surface area (Å²) < 4.78 is 5.46. The molecule has 0 aliphatic heterocycles. The molecule has 1 aliphatic rings. The Balaban J connectivity index is 1.67. The molecule has 2 rings (SSSR count). The molecular formula is C15H20N2O4. The van der Waals surface area contributed by atoms with Gasteiger partial charge in [-0.2, -0.15) is 0 Å². The van der Waals surface area contributed by atoms with E-state index in [1.54, 1.807) is 12.1 Å². The normalized spacial score (nSPS) is 15.3. The van der Waals surface area contributed by atoms with Crippen LogP contribution in [0.1, 0.15) is 30.1 Å². The van der Waals surface area contributed by atoms with E-state index in [9.17, 15) is 9.59 Å². The second-order valence-corrected chi connectivity index (χ2v) is 5.14. The van der Waals surface area contributed by atoms with Crippen molar-refractivity contribution < 1.29 is 19.4 Å². The molecule has 1 saturated carbocycles. The number of carbonyl (C=O) groups excluding carboxylic acids is 1. The van der Waals surface area contributed by atoms with Gasteiger partial charge in [0, 0.05) is 12.6 Å². The Morgan fingerprint density at radius 2 is 2.19 bits per heavy atom. The average molecular weight is 292 g/mol. The van der Waals surface area contributed by atoms with Gasteiger partial charge >= 0.3 is 5.97 Å². The van der Waals surface area contributed by atoms with Crippen molar-refractivity contribution in [3.05, 3.63) is 29.8 Å². The van der Waals surface area contributed by atoms with Gasteiger partial charge in [-0.15, -0.1) is 0 Å². The van der Waals surface area contributed by atoms with E-state index >= 15 is 0 Å². The summed E-state index contributed by atoms with van der Waals surface area (Å²) in [6.45, 7) is 2.68. The van der Waals surface area contributed by atoms with E-state index in [-0.39, 0.29) is 17.5 Å². The molecule has 6 nitrogen and oxygen atoms in total. The second kappa shape index (κ2) is 7.08. The molecule has 1 fully saturated rings. The lowest BCUT2D eigenvalue weighted by Gasteiger charge is -2.14. The number of benzene rings is 1. The standard InChI is InChI=1S/C15H20N2O4/c1-10(14(18)17-12-5-6-12)16-7-8-21-13-4-2-3-11(9-13)15(19)20/h2-4,9-10,12,16H,5-8H2,1H3,(H,17,18)(H,19,20). The van der Waals surface area contributed by atoms with E-state index < -0.39 is 5.97 Å². The highest BCUT2D eigenvalue weighted by Crippen LogP contribution is 2.18. The first-order chi connectivity index (χ1) is 10.1. The van der Waals surface area contributed by atoms with Crippen molar-refractivity contribution in [2.24, 2.45) is 0 Å². The van der Waals surface area contributed by atoms with Crippen LogP contribution in [0.2, 0.25) is 0 Å². The largest absolute Gasteiger partial charge is 0.492 e. The first-order valence-corrected chi connectivity index (χ1v) is 7.06. The third-order valence-electron chi connectivity index (χ3n) is 3.22. The highest BCUT2D eigenvalue weighted by atomic mass is 16.5. The van der Waals surface area contributed by atoms with Gasteiger partial charge in [-0.1, -0.05) is 6.07 Å². The summed E-state index contributed by atoms with van der Waals surface area (Å²) in [7, 11) is 0. The third kappa shape index (κ3) is 5.07. The molecule has 0 bridgehead atoms. The van der Waals surface area contributed by atoms with Crippen LogP contribution in [0.4, 0.5) is 0 Å². The summed E-state index contributed by atoms with van der Waals surface area (Å²) in [5, 5.41) is 14.9. The molecule has 3 N–H and O–H groups in total. The van der Waals surface area contributed by atoms with Gasteiger partial charge in [0.2, 0.25) is 5.91 Å². The number of rotatable bonds is 8. The molecule has 1 aromatic rings. The van der Waals surface area contributed by atoms with Gasteiger partial charge < -0.3 is 20.5 Å². The van der Waals surface area contributed by atoms with Crippen molar-refractivity contribution in [3.8, 4) is 5.75 Å². The smallest absolute Gasteiger partial charge is 0.335 e. The predicted octanol–water partition coefficient (Wildman–Crippen LogP) is 1.02. The molecule has 1 aliphatic carbocycles. The summed E-state index contributed by atoms with van der Waals surface area (Å²) in [6.07, 6.45) is 2.14. The Labute approximate surface area is 123 Å². The fourth-order valence-electron chi connectivity index (χ4n) is 1.81. The average Bonchev–Trinajstić information content (AvgIpc) is 3.27. The fourth-order valence-corrected chi connectivity index (χ4v) is 1.81. The minimum atomic E-state index is -0.982. The summed E-state index contributed by atoms with van der Waals surface area (Å²) in [5.41, 5.74) is 0.192. The molecule has 0 spiro atoms. The zero-order valence-electron chi connectivity index (χ0n) is 12.0. The van der Waals surface area contributed by atoms with Crippen molar-refractivity contribution in [1.29, 1.82) is 0 Å². The Morgan fingerprint density at radius 1 is 1.43 bits per heavy atom. The maximum Gasteiger partial charge on any atom is 0.335 e. The summed E-state index contributed by atoms with van der Waals surface area (Å²) in [4.78, 5) is 22.5. The van der Waals surface area contributed by atoms with Crippen LogP contribution in [0.15, 0.2) is 24.3 Å². The SMILES string of the molecule is CC(NCCOc1cccc(C(=O)O)c1)C(=O)NC1CC1. The van der Waals surface area contributed by atoms with Crippen molar-refractivity contribution in [3.63, 3.8) is 0 Å². The van der Waals surface area contributed by atoms with E-state index in [0.717, 1.165) is 12.8 Å². The zero-order chi connectivity index (χ0) is 15.2. The summed E-state index contributed by atoms with van der Waals surface area (Å²) in [6, 6.07) is 6.42. The number of aromatic carboxylic acids is 1. The van der Waals surface area contributed by atoms with Crippen LogP contribution in [-0.2, 0) is 4.79 Å². The van der Waals surface area contributed by atoms with Gasteiger partial charge in [0.05, 0.1) is 11.6 Å². The topological polar surface area (TPSA) is 87.7 Å². The van der Waals surface area contributed by atoms with Crippen LogP contribution in [-0.4, -0.2) is 42.2 Å². The molecular weight excluding hydrogens is 272 g/mol. The Kier molecular flexibility index (Phi) is 5.16. The second-order valence-electron chi connectivity index (χ2n) is 5.14. The maximum atomic E-state index is 11.7. The lowest BCUT2D eigenvalue weighted by atomic mass is 10.2. The first-order valence-electron chi connectivity index (χ1n) is 7.06. The molecule has 0 heterocycles. The Hall–Kier alpha value is -2.08. The van der Waals surface area contributed by atoms with Crippen molar-refractivity contribution in [2.75, 3.05) is 13.2 Å². The van der Waals surface area contributed by atoms with E-state index in [0.29, 0.717) is 24.9 Å². The molecule has 114 valence electrons. The molecule has 1 unspecified atom stereocenters. The number of ether oxygens (including phenoxy) is 1. The van der Waals surface area contributed by atoms with Gasteiger partial charge in [-0.3, -0.25) is 4.79 Å². The third-order valence-corrected chi connectivity index (χ3v) is 3.22. The van der Waals surface area contributed by atoms with Crippen molar-refractivity contribution in [2.45, 2.75) is 31.8 Å². The number of carbonyl (C=O) groups is 2. The molecule has 0 radical (unpaired) electrons. The number of hydrogen-bond donors (Lipinski definition) is 3. The van der Waals surface area contributed by atoms with Crippen LogP contribution in [0.3, 0.4) is 0 Å². The minimum absolute atomic E-state index is 0.00498. The van der Waals surface area contributed by atoms with Gasteiger partial charge in [0.1, 0.15) is 12.4 Å². The van der Waals surface area contributed by atoms with Gasteiger partial charge in [0.15, 0.2) is 0 Å². The van der Waals surface area contributed by atoms with Gasteiger partial charge in [-0.05, 0) is 38.0 Å². The molecule has 0 aromatic heterocycles. The summed E-state index contributed by atoms with van der Waals surface area (Å²) >= 11 is 0. The monoisotopic (exact) mass is 292 g/mol. The van der Waals surface area contributed by atoms with Crippen LogP contribution < -0.4 is 15.4 Å². The van der Waals surface area contributed by atoms with Crippen LogP contribution in [0.25, 0.3) is 0 Å². The number of carboxylic acids is 1. The molecule has 6 heteroatoms. The molecule has 1 atom stereocenters. The minimum Gasteiger partial charge on any atom is -0.492 e. The van der Waals surface area contributed by atoms with Crippen LogP contribution in [0, 0.1) is 0 Å². The molecule has 0 saturated heterocycles.